The molecule has 0 amide bonds. The molecule has 2 N–H and O–H groups in total. The van der Waals surface area contributed by atoms with Crippen molar-refractivity contribution in [3.63, 3.8) is 0 Å². The summed E-state index contributed by atoms with van der Waals surface area (Å²) in [6.45, 7) is 6.41. The highest BCUT2D eigenvalue weighted by atomic mass is 15.2. The van der Waals surface area contributed by atoms with E-state index in [4.69, 9.17) is 0 Å². The maximum Gasteiger partial charge on any atom is 0.153 e. The summed E-state index contributed by atoms with van der Waals surface area (Å²) in [7, 11) is 0. The average molecular weight is 194 g/mol. The van der Waals surface area contributed by atoms with Crippen LogP contribution in [0.1, 0.15) is 50.2 Å². The van der Waals surface area contributed by atoms with E-state index in [0.717, 1.165) is 24.7 Å². The van der Waals surface area contributed by atoms with Crippen LogP contribution in [0.3, 0.4) is 0 Å². The van der Waals surface area contributed by atoms with Crippen molar-refractivity contribution in [1.29, 1.82) is 0 Å². The van der Waals surface area contributed by atoms with Crippen molar-refractivity contribution in [2.75, 3.05) is 13.1 Å². The molecular weight excluding hydrogens is 176 g/mol. The second-order valence-corrected chi connectivity index (χ2v) is 4.28. The number of rotatable bonds is 2. The van der Waals surface area contributed by atoms with E-state index in [-0.39, 0.29) is 0 Å². The summed E-state index contributed by atoms with van der Waals surface area (Å²) >= 11 is 0. The van der Waals surface area contributed by atoms with Gasteiger partial charge in [0.15, 0.2) is 5.82 Å². The van der Waals surface area contributed by atoms with E-state index in [9.17, 15) is 0 Å². The summed E-state index contributed by atoms with van der Waals surface area (Å²) < 4.78 is 0. The van der Waals surface area contributed by atoms with Gasteiger partial charge in [-0.05, 0) is 19.4 Å². The first-order valence-corrected chi connectivity index (χ1v) is 5.40. The van der Waals surface area contributed by atoms with Gasteiger partial charge in [-0.1, -0.05) is 13.8 Å². The van der Waals surface area contributed by atoms with Crippen molar-refractivity contribution in [2.24, 2.45) is 0 Å². The Balaban J connectivity index is 2.07. The number of nitrogens with zero attached hydrogens (tertiary/aromatic N) is 2. The maximum atomic E-state index is 4.53. The van der Waals surface area contributed by atoms with Crippen LogP contribution in [0.2, 0.25) is 0 Å². The van der Waals surface area contributed by atoms with Crippen LogP contribution in [-0.2, 0) is 0 Å². The predicted octanol–water partition coefficient (Wildman–Crippen LogP) is 1.40. The molecule has 1 aromatic heterocycles. The molecule has 0 radical (unpaired) electrons. The molecule has 4 nitrogen and oxygen atoms in total. The molecule has 0 unspecified atom stereocenters. The number of aromatic amines is 1. The lowest BCUT2D eigenvalue weighted by atomic mass is 9.99. The largest absolute Gasteiger partial charge is 0.316 e. The van der Waals surface area contributed by atoms with Gasteiger partial charge in [0.1, 0.15) is 5.82 Å². The van der Waals surface area contributed by atoms with Crippen LogP contribution < -0.4 is 5.32 Å². The Morgan fingerprint density at radius 3 is 2.86 bits per heavy atom. The van der Waals surface area contributed by atoms with Crippen molar-refractivity contribution < 1.29 is 0 Å². The Morgan fingerprint density at radius 1 is 1.43 bits per heavy atom. The molecule has 0 bridgehead atoms. The molecule has 0 aliphatic carbocycles. The van der Waals surface area contributed by atoms with Gasteiger partial charge in [0.25, 0.3) is 0 Å². The van der Waals surface area contributed by atoms with Crippen LogP contribution in [0.5, 0.6) is 0 Å². The van der Waals surface area contributed by atoms with E-state index in [1.165, 1.54) is 12.8 Å². The van der Waals surface area contributed by atoms with E-state index in [1.54, 1.807) is 0 Å². The Morgan fingerprint density at radius 2 is 2.29 bits per heavy atom. The van der Waals surface area contributed by atoms with Crippen molar-refractivity contribution in [2.45, 2.75) is 38.5 Å². The van der Waals surface area contributed by atoms with Crippen molar-refractivity contribution in [3.05, 3.63) is 11.6 Å². The molecule has 0 saturated carbocycles. The standard InChI is InChI=1S/C10H18N4/c1-7(2)9-12-10(14-13-9)8-4-3-5-11-6-8/h7-8,11H,3-6H2,1-2H3,(H,12,13,14)/t8-/m1/s1. The zero-order valence-electron chi connectivity index (χ0n) is 8.88. The number of piperidine rings is 1. The number of H-pyrrole nitrogens is 1. The molecule has 0 aromatic carbocycles. The fourth-order valence-corrected chi connectivity index (χ4v) is 1.81. The molecule has 1 fully saturated rings. The molecule has 78 valence electrons. The predicted molar refractivity (Wildman–Crippen MR) is 55.3 cm³/mol. The number of aromatic nitrogens is 3. The minimum Gasteiger partial charge on any atom is -0.316 e. The summed E-state index contributed by atoms with van der Waals surface area (Å²) in [5.74, 6) is 2.94. The number of hydrogen-bond donors (Lipinski definition) is 2. The first-order valence-electron chi connectivity index (χ1n) is 5.40. The summed E-state index contributed by atoms with van der Waals surface area (Å²) in [4.78, 5) is 4.53. The first kappa shape index (κ1) is 9.65. The van der Waals surface area contributed by atoms with Crippen LogP contribution in [0.15, 0.2) is 0 Å². The maximum absolute atomic E-state index is 4.53. The zero-order chi connectivity index (χ0) is 9.97. The Labute approximate surface area is 84.5 Å². The van der Waals surface area contributed by atoms with Crippen LogP contribution in [0.25, 0.3) is 0 Å². The van der Waals surface area contributed by atoms with Gasteiger partial charge in [0.05, 0.1) is 0 Å². The second kappa shape index (κ2) is 4.09. The highest BCUT2D eigenvalue weighted by Gasteiger charge is 2.19. The third-order valence-electron chi connectivity index (χ3n) is 2.72. The number of hydrogen-bond acceptors (Lipinski definition) is 3. The fraction of sp³-hybridized carbons (Fsp3) is 0.800. The molecule has 1 aromatic rings. The summed E-state index contributed by atoms with van der Waals surface area (Å²) in [6.07, 6.45) is 2.46. The van der Waals surface area contributed by atoms with Crippen molar-refractivity contribution in [1.82, 2.24) is 20.5 Å². The molecule has 1 atom stereocenters. The molecule has 1 aliphatic heterocycles. The first-order chi connectivity index (χ1) is 6.77. The van der Waals surface area contributed by atoms with Crippen LogP contribution >= 0.6 is 0 Å². The third-order valence-corrected chi connectivity index (χ3v) is 2.72. The van der Waals surface area contributed by atoms with Gasteiger partial charge in [-0.25, -0.2) is 4.98 Å². The van der Waals surface area contributed by atoms with E-state index in [1.807, 2.05) is 0 Å². The summed E-state index contributed by atoms with van der Waals surface area (Å²) in [6, 6.07) is 0. The lowest BCUT2D eigenvalue weighted by molar-refractivity contribution is 0.447. The van der Waals surface area contributed by atoms with Crippen molar-refractivity contribution in [3.8, 4) is 0 Å². The third kappa shape index (κ3) is 1.95. The molecular formula is C10H18N4. The molecule has 1 saturated heterocycles. The minimum atomic E-state index is 0.413. The van der Waals surface area contributed by atoms with Gasteiger partial charge in [0, 0.05) is 18.4 Å². The summed E-state index contributed by atoms with van der Waals surface area (Å²) in [5.41, 5.74) is 0. The Hall–Kier alpha value is -0.900. The Kier molecular flexibility index (Phi) is 2.82. The van der Waals surface area contributed by atoms with E-state index in [2.05, 4.69) is 34.3 Å². The topological polar surface area (TPSA) is 53.6 Å². The normalized spacial score (nSPS) is 22.9. The molecule has 1 aliphatic rings. The average Bonchev–Trinajstić information content (AvgIpc) is 2.68. The monoisotopic (exact) mass is 194 g/mol. The fourth-order valence-electron chi connectivity index (χ4n) is 1.81. The lowest BCUT2D eigenvalue weighted by Gasteiger charge is -2.20. The van der Waals surface area contributed by atoms with Crippen LogP contribution in [0.4, 0.5) is 0 Å². The molecule has 4 heteroatoms. The lowest BCUT2D eigenvalue weighted by Crippen LogP contribution is -2.28. The SMILES string of the molecule is CC(C)c1n[nH]c([C@@H]2CCCNC2)n1. The molecule has 2 rings (SSSR count). The van der Waals surface area contributed by atoms with Crippen molar-refractivity contribution >= 4 is 0 Å². The van der Waals surface area contributed by atoms with E-state index >= 15 is 0 Å². The molecule has 14 heavy (non-hydrogen) atoms. The van der Waals surface area contributed by atoms with Crippen LogP contribution in [0, 0.1) is 0 Å². The highest BCUT2D eigenvalue weighted by molar-refractivity contribution is 5.02. The molecule has 2 heterocycles. The minimum absolute atomic E-state index is 0.413. The van der Waals surface area contributed by atoms with Gasteiger partial charge >= 0.3 is 0 Å². The molecule has 0 spiro atoms. The zero-order valence-corrected chi connectivity index (χ0v) is 8.88. The van der Waals surface area contributed by atoms with Gasteiger partial charge in [-0.2, -0.15) is 5.10 Å². The van der Waals surface area contributed by atoms with Gasteiger partial charge in [0.2, 0.25) is 0 Å². The quantitative estimate of drug-likeness (QED) is 0.748. The highest BCUT2D eigenvalue weighted by Crippen LogP contribution is 2.20. The van der Waals surface area contributed by atoms with Gasteiger partial charge < -0.3 is 5.32 Å². The Bertz CT molecular complexity index is 286. The van der Waals surface area contributed by atoms with E-state index in [0.29, 0.717) is 11.8 Å². The number of nitrogens with one attached hydrogen (secondary N) is 2. The van der Waals surface area contributed by atoms with Gasteiger partial charge in [-0.15, -0.1) is 0 Å². The van der Waals surface area contributed by atoms with E-state index < -0.39 is 0 Å². The smallest absolute Gasteiger partial charge is 0.153 e. The van der Waals surface area contributed by atoms with Gasteiger partial charge in [-0.3, -0.25) is 5.10 Å². The second-order valence-electron chi connectivity index (χ2n) is 4.28. The van der Waals surface area contributed by atoms with Crippen LogP contribution in [-0.4, -0.2) is 28.3 Å². The summed E-state index contributed by atoms with van der Waals surface area (Å²) in [5, 5.41) is 10.7.